The van der Waals surface area contributed by atoms with Gasteiger partial charge >= 0.3 is 5.97 Å². The molecule has 0 bridgehead atoms. The molecule has 1 aliphatic heterocycles. The summed E-state index contributed by atoms with van der Waals surface area (Å²) in [6, 6.07) is 12.2. The van der Waals surface area contributed by atoms with Crippen molar-refractivity contribution in [2.45, 2.75) is 38.1 Å². The molecule has 1 atom stereocenters. The van der Waals surface area contributed by atoms with Crippen LogP contribution in [0.4, 0.5) is 5.69 Å². The number of esters is 1. The summed E-state index contributed by atoms with van der Waals surface area (Å²) < 4.78 is 12.8. The molecule has 2 fully saturated rings. The molecule has 0 radical (unpaired) electrons. The molecular weight excluding hydrogens is 535 g/mol. The molecule has 39 heavy (non-hydrogen) atoms. The van der Waals surface area contributed by atoms with E-state index in [4.69, 9.17) is 32.5 Å². The number of aromatic nitrogens is 2. The van der Waals surface area contributed by atoms with Crippen molar-refractivity contribution in [3.63, 3.8) is 0 Å². The molecule has 0 amide bonds. The van der Waals surface area contributed by atoms with Gasteiger partial charge in [0.1, 0.15) is 11.5 Å². The summed E-state index contributed by atoms with van der Waals surface area (Å²) in [7, 11) is 3.38. The standard InChI is InChI=1S/C30H32Cl2N4O3/c1-18(15-22-28(33-39-29(22)19-7-8-19)27-24(31)5-4-6-25(27)32)35-11-13-36(14-12-35)20-9-10-21-23(30(37)38-3)17-34(2)26(21)16-20/h4-6,9-10,16-19H,7-8,11-15H2,1-3H3. The van der Waals surface area contributed by atoms with E-state index in [1.54, 1.807) is 0 Å². The number of carbonyl (C=O) groups excluding carboxylic acids is 1. The first kappa shape index (κ1) is 26.2. The fourth-order valence-corrected chi connectivity index (χ4v) is 6.37. The minimum absolute atomic E-state index is 0.307. The highest BCUT2D eigenvalue weighted by Gasteiger charge is 2.35. The quantitative estimate of drug-likeness (QED) is 0.236. The van der Waals surface area contributed by atoms with Crippen LogP contribution >= 0.6 is 23.2 Å². The molecule has 1 unspecified atom stereocenters. The normalized spacial score (nSPS) is 17.1. The molecule has 204 valence electrons. The molecule has 1 saturated heterocycles. The predicted molar refractivity (Wildman–Crippen MR) is 155 cm³/mol. The molecule has 7 nitrogen and oxygen atoms in total. The van der Waals surface area contributed by atoms with Crippen molar-refractivity contribution in [2.24, 2.45) is 7.05 Å². The topological polar surface area (TPSA) is 63.7 Å². The van der Waals surface area contributed by atoms with E-state index < -0.39 is 0 Å². The van der Waals surface area contributed by atoms with Gasteiger partial charge in [0.15, 0.2) is 0 Å². The van der Waals surface area contributed by atoms with Gasteiger partial charge in [-0.25, -0.2) is 4.79 Å². The molecule has 2 aromatic carbocycles. The molecule has 6 rings (SSSR count). The Labute approximate surface area is 238 Å². The second-order valence-electron chi connectivity index (χ2n) is 10.7. The monoisotopic (exact) mass is 566 g/mol. The Morgan fingerprint density at radius 2 is 1.85 bits per heavy atom. The van der Waals surface area contributed by atoms with E-state index in [1.807, 2.05) is 42.1 Å². The number of rotatable bonds is 7. The Hall–Kier alpha value is -3.00. The fraction of sp³-hybridized carbons (Fsp3) is 0.400. The molecule has 2 aromatic heterocycles. The van der Waals surface area contributed by atoms with E-state index in [9.17, 15) is 4.79 Å². The number of fused-ring (bicyclic) bond motifs is 1. The number of ether oxygens (including phenoxy) is 1. The number of nitrogens with zero attached hydrogens (tertiary/aromatic N) is 4. The second-order valence-corrected chi connectivity index (χ2v) is 11.5. The van der Waals surface area contributed by atoms with Crippen molar-refractivity contribution >= 4 is 45.8 Å². The summed E-state index contributed by atoms with van der Waals surface area (Å²) in [6.45, 7) is 6.03. The Kier molecular flexibility index (Phi) is 7.08. The van der Waals surface area contributed by atoms with Crippen molar-refractivity contribution in [1.29, 1.82) is 0 Å². The van der Waals surface area contributed by atoms with Crippen LogP contribution in [0.2, 0.25) is 10.0 Å². The van der Waals surface area contributed by atoms with Gasteiger partial charge in [-0.15, -0.1) is 0 Å². The number of hydrogen-bond acceptors (Lipinski definition) is 6. The van der Waals surface area contributed by atoms with E-state index >= 15 is 0 Å². The summed E-state index contributed by atoms with van der Waals surface area (Å²) >= 11 is 13.1. The molecule has 3 heterocycles. The maximum atomic E-state index is 12.2. The number of carbonyl (C=O) groups is 1. The minimum Gasteiger partial charge on any atom is -0.465 e. The fourth-order valence-electron chi connectivity index (χ4n) is 5.79. The third-order valence-electron chi connectivity index (χ3n) is 8.15. The molecule has 1 saturated carbocycles. The predicted octanol–water partition coefficient (Wildman–Crippen LogP) is 6.56. The lowest BCUT2D eigenvalue weighted by Gasteiger charge is -2.39. The van der Waals surface area contributed by atoms with Crippen molar-refractivity contribution < 1.29 is 14.1 Å². The molecular formula is C30H32Cl2N4O3. The number of anilines is 1. The number of aryl methyl sites for hydroxylation is 1. The second kappa shape index (κ2) is 10.5. The van der Waals surface area contributed by atoms with Gasteiger partial charge < -0.3 is 18.7 Å². The average Bonchev–Trinajstić information content (AvgIpc) is 3.63. The first-order chi connectivity index (χ1) is 18.9. The van der Waals surface area contributed by atoms with Gasteiger partial charge in [-0.3, -0.25) is 4.90 Å². The van der Waals surface area contributed by atoms with Crippen molar-refractivity contribution in [1.82, 2.24) is 14.6 Å². The van der Waals surface area contributed by atoms with Crippen molar-refractivity contribution in [3.8, 4) is 11.3 Å². The van der Waals surface area contributed by atoms with Gasteiger partial charge in [-0.1, -0.05) is 34.4 Å². The largest absolute Gasteiger partial charge is 0.465 e. The third kappa shape index (κ3) is 4.92. The number of methoxy groups -OCH3 is 1. The van der Waals surface area contributed by atoms with Gasteiger partial charge in [0.05, 0.1) is 28.2 Å². The summed E-state index contributed by atoms with van der Waals surface area (Å²) in [5, 5.41) is 6.56. The van der Waals surface area contributed by atoms with Crippen LogP contribution in [0.5, 0.6) is 0 Å². The Balaban J connectivity index is 1.18. The number of benzene rings is 2. The summed E-state index contributed by atoms with van der Waals surface area (Å²) in [5.41, 5.74) is 5.46. The summed E-state index contributed by atoms with van der Waals surface area (Å²) in [6.07, 6.45) is 4.94. The zero-order valence-electron chi connectivity index (χ0n) is 22.4. The van der Waals surface area contributed by atoms with Crippen molar-refractivity contribution in [2.75, 3.05) is 38.2 Å². The van der Waals surface area contributed by atoms with Crippen LogP contribution in [0.3, 0.4) is 0 Å². The number of halogens is 2. The van der Waals surface area contributed by atoms with E-state index in [1.165, 1.54) is 7.11 Å². The Bertz CT molecular complexity index is 1510. The lowest BCUT2D eigenvalue weighted by molar-refractivity contribution is 0.0602. The molecule has 4 aromatic rings. The molecule has 9 heteroatoms. The van der Waals surface area contributed by atoms with Gasteiger partial charge in [0, 0.05) is 73.6 Å². The molecule has 0 spiro atoms. The highest BCUT2D eigenvalue weighted by molar-refractivity contribution is 6.39. The maximum absolute atomic E-state index is 12.2. The van der Waals surface area contributed by atoms with Crippen molar-refractivity contribution in [3.05, 3.63) is 69.5 Å². The Morgan fingerprint density at radius 1 is 1.13 bits per heavy atom. The maximum Gasteiger partial charge on any atom is 0.340 e. The van der Waals surface area contributed by atoms with Crippen LogP contribution in [-0.4, -0.2) is 59.9 Å². The Morgan fingerprint density at radius 3 is 2.51 bits per heavy atom. The van der Waals surface area contributed by atoms with E-state index in [0.717, 1.165) is 84.6 Å². The number of hydrogen-bond donors (Lipinski definition) is 0. The molecule has 0 N–H and O–H groups in total. The lowest BCUT2D eigenvalue weighted by Crippen LogP contribution is -2.50. The molecule has 1 aliphatic carbocycles. The first-order valence-electron chi connectivity index (χ1n) is 13.4. The summed E-state index contributed by atoms with van der Waals surface area (Å²) in [5.74, 6) is 1.13. The minimum atomic E-state index is -0.311. The average molecular weight is 568 g/mol. The van der Waals surface area contributed by atoms with Gasteiger partial charge in [-0.05, 0) is 56.5 Å². The van der Waals surface area contributed by atoms with Crippen LogP contribution in [0.15, 0.2) is 47.1 Å². The van der Waals surface area contributed by atoms with Gasteiger partial charge in [0.25, 0.3) is 0 Å². The smallest absolute Gasteiger partial charge is 0.340 e. The lowest BCUT2D eigenvalue weighted by atomic mass is 9.97. The van der Waals surface area contributed by atoms with Gasteiger partial charge in [-0.2, -0.15) is 0 Å². The zero-order valence-corrected chi connectivity index (χ0v) is 23.9. The first-order valence-corrected chi connectivity index (χ1v) is 14.2. The highest BCUT2D eigenvalue weighted by atomic mass is 35.5. The van der Waals surface area contributed by atoms with Crippen LogP contribution in [0, 0.1) is 0 Å². The zero-order chi connectivity index (χ0) is 27.3. The number of piperazine rings is 1. The summed E-state index contributed by atoms with van der Waals surface area (Å²) in [4.78, 5) is 17.1. The van der Waals surface area contributed by atoms with Crippen LogP contribution in [-0.2, 0) is 18.2 Å². The highest BCUT2D eigenvalue weighted by Crippen LogP contribution is 2.46. The van der Waals surface area contributed by atoms with Crippen LogP contribution in [0.1, 0.15) is 47.4 Å². The van der Waals surface area contributed by atoms with Gasteiger partial charge in [0.2, 0.25) is 0 Å². The van der Waals surface area contributed by atoms with E-state index in [-0.39, 0.29) is 5.97 Å². The SMILES string of the molecule is COC(=O)c1cn(C)c2cc(N3CCN(C(C)Cc4c(-c5c(Cl)cccc5Cl)noc4C4CC4)CC3)ccc12. The molecule has 2 aliphatic rings. The van der Waals surface area contributed by atoms with Crippen LogP contribution < -0.4 is 4.90 Å². The third-order valence-corrected chi connectivity index (χ3v) is 8.78. The van der Waals surface area contributed by atoms with Crippen LogP contribution in [0.25, 0.3) is 22.2 Å². The van der Waals surface area contributed by atoms with E-state index in [2.05, 4.69) is 34.0 Å². The van der Waals surface area contributed by atoms with E-state index in [0.29, 0.717) is 27.6 Å².